The molecule has 2 aliphatic heterocycles. The first kappa shape index (κ1) is 16.8. The molecule has 4 rings (SSSR count). The first-order valence-corrected chi connectivity index (χ1v) is 9.81. The van der Waals surface area contributed by atoms with E-state index in [0.29, 0.717) is 5.75 Å². The van der Waals surface area contributed by atoms with Gasteiger partial charge in [-0.05, 0) is 50.3 Å². The van der Waals surface area contributed by atoms with Gasteiger partial charge in [0.05, 0.1) is 11.4 Å². The summed E-state index contributed by atoms with van der Waals surface area (Å²) in [6, 6.07) is 14.3. The van der Waals surface area contributed by atoms with E-state index in [1.165, 1.54) is 42.4 Å². The molecule has 132 valence electrons. The summed E-state index contributed by atoms with van der Waals surface area (Å²) in [4.78, 5) is 9.79. The fourth-order valence-electron chi connectivity index (χ4n) is 3.59. The van der Waals surface area contributed by atoms with E-state index in [0.717, 1.165) is 24.4 Å². The Balaban J connectivity index is 1.49. The van der Waals surface area contributed by atoms with Crippen molar-refractivity contribution in [2.24, 2.45) is 0 Å². The molecular formula is C20H25N3OS. The van der Waals surface area contributed by atoms with Gasteiger partial charge in [-0.2, -0.15) is 0 Å². The molecule has 0 amide bonds. The molecule has 25 heavy (non-hydrogen) atoms. The van der Waals surface area contributed by atoms with E-state index >= 15 is 0 Å². The first-order valence-electron chi connectivity index (χ1n) is 8.99. The van der Waals surface area contributed by atoms with Crippen LogP contribution in [0.2, 0.25) is 0 Å². The summed E-state index contributed by atoms with van der Waals surface area (Å²) in [5.41, 5.74) is 2.49. The number of aromatic hydroxyl groups is 1. The Morgan fingerprint density at radius 3 is 2.52 bits per heavy atom. The van der Waals surface area contributed by atoms with Crippen molar-refractivity contribution in [2.45, 2.75) is 16.2 Å². The topological polar surface area (TPSA) is 30.0 Å². The van der Waals surface area contributed by atoms with Crippen molar-refractivity contribution in [3.63, 3.8) is 0 Å². The molecule has 0 aliphatic carbocycles. The van der Waals surface area contributed by atoms with Crippen LogP contribution in [-0.2, 0) is 0 Å². The Morgan fingerprint density at radius 2 is 1.68 bits per heavy atom. The minimum Gasteiger partial charge on any atom is -0.508 e. The van der Waals surface area contributed by atoms with Crippen molar-refractivity contribution in [1.82, 2.24) is 9.80 Å². The van der Waals surface area contributed by atoms with Gasteiger partial charge in [0.1, 0.15) is 5.75 Å². The molecule has 2 aromatic carbocycles. The molecule has 5 heteroatoms. The molecule has 2 aromatic rings. The first-order chi connectivity index (χ1) is 12.2. The summed E-state index contributed by atoms with van der Waals surface area (Å²) >= 11 is 1.74. The summed E-state index contributed by atoms with van der Waals surface area (Å²) < 4.78 is 0. The van der Waals surface area contributed by atoms with Crippen molar-refractivity contribution >= 4 is 23.1 Å². The maximum Gasteiger partial charge on any atom is 0.116 e. The number of phenolic OH excluding ortho intramolecular Hbond substituents is 1. The fourth-order valence-corrected chi connectivity index (χ4v) is 4.72. The lowest BCUT2D eigenvalue weighted by Gasteiger charge is -2.35. The van der Waals surface area contributed by atoms with Gasteiger partial charge in [-0.1, -0.05) is 23.9 Å². The average molecular weight is 356 g/mol. The summed E-state index contributed by atoms with van der Waals surface area (Å²) in [7, 11) is 2.20. The quantitative estimate of drug-likeness (QED) is 0.905. The molecule has 1 N–H and O–H groups in total. The largest absolute Gasteiger partial charge is 0.508 e. The Kier molecular flexibility index (Phi) is 4.88. The van der Waals surface area contributed by atoms with Gasteiger partial charge in [-0.3, -0.25) is 0 Å². The number of benzene rings is 2. The van der Waals surface area contributed by atoms with E-state index in [1.54, 1.807) is 17.8 Å². The van der Waals surface area contributed by atoms with E-state index in [1.807, 2.05) is 12.1 Å². The number of hydrogen-bond acceptors (Lipinski definition) is 5. The Hall–Kier alpha value is -1.69. The molecule has 0 radical (unpaired) electrons. The predicted octanol–water partition coefficient (Wildman–Crippen LogP) is 3.63. The number of nitrogens with zero attached hydrogens (tertiary/aromatic N) is 3. The summed E-state index contributed by atoms with van der Waals surface area (Å²) in [5.74, 6) is 0.336. The van der Waals surface area contributed by atoms with Gasteiger partial charge in [0.15, 0.2) is 0 Å². The normalized spacial score (nSPS) is 18.0. The Bertz CT molecular complexity index is 743. The van der Waals surface area contributed by atoms with E-state index in [4.69, 9.17) is 0 Å². The molecule has 2 heterocycles. The van der Waals surface area contributed by atoms with Crippen LogP contribution in [-0.4, -0.2) is 61.2 Å². The molecular weight excluding hydrogens is 330 g/mol. The third kappa shape index (κ3) is 3.64. The van der Waals surface area contributed by atoms with Gasteiger partial charge < -0.3 is 19.8 Å². The van der Waals surface area contributed by atoms with Crippen LogP contribution in [0.5, 0.6) is 5.75 Å². The summed E-state index contributed by atoms with van der Waals surface area (Å²) in [6.07, 6.45) is 1.14. The van der Waals surface area contributed by atoms with Crippen molar-refractivity contribution in [1.29, 1.82) is 0 Å². The maximum atomic E-state index is 9.85. The second-order valence-corrected chi connectivity index (χ2v) is 7.96. The molecule has 0 bridgehead atoms. The van der Waals surface area contributed by atoms with Crippen LogP contribution in [0.1, 0.15) is 6.42 Å². The van der Waals surface area contributed by atoms with Gasteiger partial charge in [0.2, 0.25) is 0 Å². The standard InChI is InChI=1S/C20H25N3OS/c1-21-11-13-22(14-12-21)9-4-10-23-17-5-2-3-6-19(17)25-20-15-16(24)7-8-18(20)23/h2-3,5-8,15,24H,4,9-14H2,1H3. The lowest BCUT2D eigenvalue weighted by molar-refractivity contribution is 0.153. The SMILES string of the molecule is CN1CCN(CCCN2c3ccccc3Sc3cc(O)ccc32)CC1. The van der Waals surface area contributed by atoms with Crippen molar-refractivity contribution < 1.29 is 5.11 Å². The molecule has 0 spiro atoms. The number of phenols is 1. The molecule has 1 fully saturated rings. The van der Waals surface area contributed by atoms with Gasteiger partial charge in [0.25, 0.3) is 0 Å². The molecule has 4 nitrogen and oxygen atoms in total. The number of fused-ring (bicyclic) bond motifs is 2. The zero-order valence-electron chi connectivity index (χ0n) is 14.7. The predicted molar refractivity (Wildman–Crippen MR) is 104 cm³/mol. The second-order valence-electron chi connectivity index (χ2n) is 6.87. The number of para-hydroxylation sites is 1. The minimum absolute atomic E-state index is 0.336. The molecule has 0 aromatic heterocycles. The van der Waals surface area contributed by atoms with E-state index < -0.39 is 0 Å². The van der Waals surface area contributed by atoms with E-state index in [9.17, 15) is 5.11 Å². The maximum absolute atomic E-state index is 9.85. The molecule has 0 saturated carbocycles. The summed E-state index contributed by atoms with van der Waals surface area (Å²) in [6.45, 7) is 6.84. The molecule has 0 atom stereocenters. The van der Waals surface area contributed by atoms with Crippen LogP contribution in [0.3, 0.4) is 0 Å². The highest BCUT2D eigenvalue weighted by molar-refractivity contribution is 7.99. The van der Waals surface area contributed by atoms with Crippen LogP contribution >= 0.6 is 11.8 Å². The zero-order chi connectivity index (χ0) is 17.2. The minimum atomic E-state index is 0.336. The van der Waals surface area contributed by atoms with Gasteiger partial charge in [0, 0.05) is 42.5 Å². The number of hydrogen-bond donors (Lipinski definition) is 1. The van der Waals surface area contributed by atoms with Crippen molar-refractivity contribution in [2.75, 3.05) is 51.2 Å². The van der Waals surface area contributed by atoms with Crippen LogP contribution in [0.15, 0.2) is 52.3 Å². The van der Waals surface area contributed by atoms with Crippen molar-refractivity contribution in [3.05, 3.63) is 42.5 Å². The average Bonchev–Trinajstić information content (AvgIpc) is 2.62. The highest BCUT2D eigenvalue weighted by atomic mass is 32.2. The molecule has 2 aliphatic rings. The van der Waals surface area contributed by atoms with E-state index in [2.05, 4.69) is 46.0 Å². The number of piperazine rings is 1. The molecule has 0 unspecified atom stereocenters. The van der Waals surface area contributed by atoms with E-state index in [-0.39, 0.29) is 0 Å². The molecule has 1 saturated heterocycles. The number of rotatable bonds is 4. The highest BCUT2D eigenvalue weighted by Gasteiger charge is 2.23. The lowest BCUT2D eigenvalue weighted by atomic mass is 10.2. The van der Waals surface area contributed by atoms with Crippen LogP contribution < -0.4 is 4.90 Å². The highest BCUT2D eigenvalue weighted by Crippen LogP contribution is 2.48. The number of likely N-dealkylation sites (N-methyl/N-ethyl adjacent to an activating group) is 1. The lowest BCUT2D eigenvalue weighted by Crippen LogP contribution is -2.45. The number of anilines is 2. The van der Waals surface area contributed by atoms with Crippen LogP contribution in [0.4, 0.5) is 11.4 Å². The van der Waals surface area contributed by atoms with Crippen LogP contribution in [0.25, 0.3) is 0 Å². The summed E-state index contributed by atoms with van der Waals surface area (Å²) in [5, 5.41) is 9.85. The third-order valence-corrected chi connectivity index (χ3v) is 6.17. The van der Waals surface area contributed by atoms with Gasteiger partial charge in [-0.15, -0.1) is 0 Å². The van der Waals surface area contributed by atoms with Gasteiger partial charge >= 0.3 is 0 Å². The Labute approximate surface area is 154 Å². The monoisotopic (exact) mass is 355 g/mol. The fraction of sp³-hybridized carbons (Fsp3) is 0.400. The Morgan fingerprint density at radius 1 is 0.920 bits per heavy atom. The third-order valence-electron chi connectivity index (χ3n) is 5.06. The van der Waals surface area contributed by atoms with Crippen molar-refractivity contribution in [3.8, 4) is 5.75 Å². The van der Waals surface area contributed by atoms with Gasteiger partial charge in [-0.25, -0.2) is 0 Å². The smallest absolute Gasteiger partial charge is 0.116 e. The zero-order valence-corrected chi connectivity index (χ0v) is 15.5. The second kappa shape index (κ2) is 7.28. The van der Waals surface area contributed by atoms with Crippen LogP contribution in [0, 0.1) is 0 Å².